The van der Waals surface area contributed by atoms with Crippen molar-refractivity contribution in [1.29, 1.82) is 0 Å². The van der Waals surface area contributed by atoms with Crippen LogP contribution in [0.4, 0.5) is 14.4 Å². The van der Waals surface area contributed by atoms with E-state index in [4.69, 9.17) is 47.4 Å². The van der Waals surface area contributed by atoms with Crippen molar-refractivity contribution in [3.63, 3.8) is 0 Å². The van der Waals surface area contributed by atoms with E-state index in [1.807, 2.05) is 78.2 Å². The van der Waals surface area contributed by atoms with Gasteiger partial charge in [0.15, 0.2) is 0 Å². The average molecular weight is 1750 g/mol. The molecule has 6 heterocycles. The summed E-state index contributed by atoms with van der Waals surface area (Å²) < 4.78 is 58.7. The number of cyclic esters (lactones) is 3. The van der Waals surface area contributed by atoms with Crippen molar-refractivity contribution in [2.75, 3.05) is 49.4 Å². The van der Waals surface area contributed by atoms with E-state index in [9.17, 15) is 28.8 Å². The molecule has 0 bridgehead atoms. The first kappa shape index (κ1) is 113. The maximum Gasteiger partial charge on any atom is 0.508 e. The van der Waals surface area contributed by atoms with Crippen molar-refractivity contribution >= 4 is 36.2 Å². The SMILES string of the molecule is CCC(C)C(C)C1OC1CC(C)(C)/C=C/C=C(\C)C1OC(=O)CC(C)CCC(C)(C)C(OC(=O)N(C)C)/C=C/C1C.CCC(C)C(C)C1OC1CC(C)(C)/C=C/C=C(\C)C1OC(=O)CC(C)CCC(C)(C)C(OC(=O)N(C)C)/C=C/C1C.CCC(C)C(C)C1OC1CC(C)(C)/C=C/C=C(\C)C1OC(=O)CC(C)CCC(C)(C)C(OC(=O)OC)/C=C/C1C.CNC. The van der Waals surface area contributed by atoms with Gasteiger partial charge in [-0.15, -0.1) is 0 Å². The van der Waals surface area contributed by atoms with Crippen molar-refractivity contribution in [3.8, 4) is 0 Å². The number of nitrogens with zero attached hydrogens (tertiary/aromatic N) is 2. The average Bonchev–Trinajstić information content (AvgIpc) is 1.65. The van der Waals surface area contributed by atoms with Crippen molar-refractivity contribution in [1.82, 2.24) is 15.1 Å². The van der Waals surface area contributed by atoms with Crippen molar-refractivity contribution in [3.05, 3.63) is 108 Å². The molecule has 24 unspecified atom stereocenters. The molecule has 0 spiro atoms. The van der Waals surface area contributed by atoms with Gasteiger partial charge < -0.3 is 62.5 Å². The Bertz CT molecular complexity index is 3450. The third-order valence-electron chi connectivity index (χ3n) is 27.5. The lowest BCUT2D eigenvalue weighted by Gasteiger charge is -2.34. The molecule has 0 radical (unpaired) electrons. The Morgan fingerprint density at radius 1 is 0.448 bits per heavy atom. The Kier molecular flexibility index (Phi) is 46.9. The summed E-state index contributed by atoms with van der Waals surface area (Å²) >= 11 is 0. The molecule has 125 heavy (non-hydrogen) atoms. The summed E-state index contributed by atoms with van der Waals surface area (Å²) in [4.78, 5) is 78.7. The van der Waals surface area contributed by atoms with Crippen LogP contribution >= 0.6 is 0 Å². The number of ether oxygens (including phenoxy) is 10. The minimum atomic E-state index is -0.695. The van der Waals surface area contributed by atoms with E-state index >= 15 is 0 Å². The number of carbonyl (C=O) groups excluding carboxylic acids is 6. The molecule has 0 aliphatic carbocycles. The normalized spacial score (nSPS) is 31.3. The van der Waals surface area contributed by atoms with Gasteiger partial charge in [-0.25, -0.2) is 14.4 Å². The topological polar surface area (TPSA) is 223 Å². The van der Waals surface area contributed by atoms with E-state index in [0.717, 1.165) is 74.5 Å². The van der Waals surface area contributed by atoms with Crippen LogP contribution < -0.4 is 5.32 Å². The highest BCUT2D eigenvalue weighted by Gasteiger charge is 2.49. The standard InChI is InChI=1S/2C35H59NO5.C34H56O6.C2H7N/c2*1-13-24(3)27(6)32-28(39-32)22-34(7,8)19-14-15-25(4)31-26(5)16-17-29(40-33(38)36(11)12)35(9,10)20-18-23(2)21-30(37)41-31;1-12-23(3)26(6)31-27(38-31)21-33(7,8)18-13-14-24(4)30-25(5)15-16-28(39-32(36)37-11)34(9,10)19-17-22(2)20-29(35)40-30;1-3-2/h2*14-17,19,23-24,26-29,31-32H,13,18,20-22H2,1-12H3;13-16,18,22-23,25-28,30-31H,12,17,19-21H2,1-11H3;3H,1-2H3/b2*17-16+,19-14+,25-15+;16-15+,18-13+,24-14+;. The summed E-state index contributed by atoms with van der Waals surface area (Å²) in [5.41, 5.74) is 2.05. The fraction of sp³-hybridized carbons (Fsp3) is 0.774. The van der Waals surface area contributed by atoms with Crippen LogP contribution in [0, 0.1) is 104 Å². The molecule has 6 aliphatic rings. The largest absolute Gasteiger partial charge is 0.508 e. The molecule has 19 nitrogen and oxygen atoms in total. The van der Waals surface area contributed by atoms with Gasteiger partial charge in [0.25, 0.3) is 0 Å². The van der Waals surface area contributed by atoms with Crippen molar-refractivity contribution in [2.45, 2.75) is 377 Å². The first-order valence-electron chi connectivity index (χ1n) is 47.7. The Hall–Kier alpha value is -6.28. The summed E-state index contributed by atoms with van der Waals surface area (Å²) in [5.74, 6) is 3.44. The summed E-state index contributed by atoms with van der Waals surface area (Å²) in [7, 11) is 11.9. The summed E-state index contributed by atoms with van der Waals surface area (Å²) in [6, 6.07) is 0. The smallest absolute Gasteiger partial charge is 0.457 e. The fourth-order valence-corrected chi connectivity index (χ4v) is 16.8. The number of amides is 2. The van der Waals surface area contributed by atoms with Crippen LogP contribution in [0.25, 0.3) is 0 Å². The molecule has 0 aromatic rings. The number of allylic oxidation sites excluding steroid dienone is 9. The van der Waals surface area contributed by atoms with Crippen LogP contribution in [0.3, 0.4) is 0 Å². The van der Waals surface area contributed by atoms with Crippen LogP contribution in [0.15, 0.2) is 108 Å². The van der Waals surface area contributed by atoms with Gasteiger partial charge in [-0.1, -0.05) is 279 Å². The van der Waals surface area contributed by atoms with Gasteiger partial charge in [0, 0.05) is 81.5 Å². The zero-order valence-electron chi connectivity index (χ0n) is 85.5. The third kappa shape index (κ3) is 39.9. The molecule has 716 valence electrons. The van der Waals surface area contributed by atoms with Crippen molar-refractivity contribution in [2.24, 2.45) is 104 Å². The molecule has 0 aromatic heterocycles. The number of rotatable bonds is 27. The van der Waals surface area contributed by atoms with E-state index in [0.29, 0.717) is 91.4 Å². The van der Waals surface area contributed by atoms with Gasteiger partial charge in [0.1, 0.15) is 36.6 Å². The van der Waals surface area contributed by atoms with Crippen LogP contribution in [0.5, 0.6) is 0 Å². The molecule has 2 amide bonds. The van der Waals surface area contributed by atoms with Gasteiger partial charge in [-0.3, -0.25) is 14.4 Å². The zero-order valence-corrected chi connectivity index (χ0v) is 85.5. The molecular formula is C106H181N3O16. The molecule has 0 saturated carbocycles. The predicted molar refractivity (Wildman–Crippen MR) is 511 cm³/mol. The second kappa shape index (κ2) is 51.9. The van der Waals surface area contributed by atoms with Gasteiger partial charge in [0.2, 0.25) is 0 Å². The number of carbonyl (C=O) groups is 6. The number of epoxide rings is 3. The van der Waals surface area contributed by atoms with Gasteiger partial charge in [-0.05, 0) is 197 Å². The molecule has 3 saturated heterocycles. The van der Waals surface area contributed by atoms with Crippen molar-refractivity contribution < 1.29 is 76.1 Å². The maximum atomic E-state index is 13.0. The minimum absolute atomic E-state index is 0.00931. The number of nitrogens with one attached hydrogen (secondary N) is 1. The highest BCUT2D eigenvalue weighted by atomic mass is 16.7. The monoisotopic (exact) mass is 1750 g/mol. The molecule has 0 aromatic carbocycles. The summed E-state index contributed by atoms with van der Waals surface area (Å²) in [5, 5.41) is 2.75. The summed E-state index contributed by atoms with van der Waals surface area (Å²) in [6.07, 6.45) is 41.9. The first-order chi connectivity index (χ1) is 57.9. The second-order valence-electron chi connectivity index (χ2n) is 43.4. The highest BCUT2D eigenvalue weighted by molar-refractivity contribution is 5.71. The lowest BCUT2D eigenvalue weighted by molar-refractivity contribution is -0.150. The molecular weight excluding hydrogens is 1570 g/mol. The lowest BCUT2D eigenvalue weighted by Crippen LogP contribution is -2.37. The molecule has 6 rings (SSSR count). The number of esters is 3. The fourth-order valence-electron chi connectivity index (χ4n) is 16.8. The van der Waals surface area contributed by atoms with E-state index in [2.05, 4.69) is 240 Å². The molecule has 6 aliphatic heterocycles. The molecule has 3 fully saturated rings. The van der Waals surface area contributed by atoms with Gasteiger partial charge >= 0.3 is 36.2 Å². The Labute approximate surface area is 761 Å². The van der Waals surface area contributed by atoms with Gasteiger partial charge in [0.05, 0.1) is 43.7 Å². The minimum Gasteiger partial charge on any atom is -0.457 e. The lowest BCUT2D eigenvalue weighted by atomic mass is 9.78. The van der Waals surface area contributed by atoms with Crippen LogP contribution in [0.2, 0.25) is 0 Å². The highest BCUT2D eigenvalue weighted by Crippen LogP contribution is 2.46. The number of methoxy groups -OCH3 is 1. The molecule has 1 N–H and O–H groups in total. The maximum absolute atomic E-state index is 13.0. The number of hydrogen-bond donors (Lipinski definition) is 1. The first-order valence-corrected chi connectivity index (χ1v) is 47.7. The molecule has 24 atom stereocenters. The van der Waals surface area contributed by atoms with Crippen LogP contribution in [-0.2, 0) is 61.8 Å². The Balaban J connectivity index is 0.000000476. The quantitative estimate of drug-likeness (QED) is 0.0265. The predicted octanol–water partition coefficient (Wildman–Crippen LogP) is 25.0. The van der Waals surface area contributed by atoms with Crippen LogP contribution in [0.1, 0.15) is 304 Å². The van der Waals surface area contributed by atoms with Gasteiger partial charge in [-0.2, -0.15) is 0 Å². The zero-order chi connectivity index (χ0) is 95.2. The number of hydrogen-bond acceptors (Lipinski definition) is 17. The van der Waals surface area contributed by atoms with E-state index < -0.39 is 30.6 Å². The second-order valence-corrected chi connectivity index (χ2v) is 43.4. The molecule has 19 heteroatoms. The van der Waals surface area contributed by atoms with E-state index in [-0.39, 0.29) is 110 Å². The van der Waals surface area contributed by atoms with Crippen LogP contribution in [-0.4, -0.2) is 169 Å². The summed E-state index contributed by atoms with van der Waals surface area (Å²) in [6.45, 7) is 65.2. The Morgan fingerprint density at radius 2 is 0.688 bits per heavy atom. The van der Waals surface area contributed by atoms with E-state index in [1.54, 1.807) is 28.2 Å². The third-order valence-corrected chi connectivity index (χ3v) is 27.5. The Morgan fingerprint density at radius 3 is 0.912 bits per heavy atom. The van der Waals surface area contributed by atoms with E-state index in [1.165, 1.54) is 36.2 Å².